The topological polar surface area (TPSA) is 72.4 Å². The summed E-state index contributed by atoms with van der Waals surface area (Å²) in [6.45, 7) is 0.328. The number of rotatable bonds is 4. The number of hydrogen-bond acceptors (Lipinski definition) is 4. The maximum atomic E-state index is 13.6. The molecule has 0 saturated carbocycles. The summed E-state index contributed by atoms with van der Waals surface area (Å²) < 4.78 is 13.6. The van der Waals surface area contributed by atoms with Gasteiger partial charge in [-0.25, -0.2) is 4.39 Å². The number of nitrogens with two attached hydrogens (primary N) is 1. The molecule has 0 aliphatic heterocycles. The van der Waals surface area contributed by atoms with Gasteiger partial charge in [0.1, 0.15) is 5.82 Å². The Morgan fingerprint density at radius 3 is 2.60 bits per heavy atom. The van der Waals surface area contributed by atoms with Crippen molar-refractivity contribution in [3.8, 4) is 0 Å². The highest BCUT2D eigenvalue weighted by atomic mass is 19.1. The molecule has 0 unspecified atom stereocenters. The fourth-order valence-corrected chi connectivity index (χ4v) is 1.97. The molecule has 0 heterocycles. The van der Waals surface area contributed by atoms with Gasteiger partial charge in [0, 0.05) is 31.3 Å². The maximum absolute atomic E-state index is 13.6. The molecule has 2 rings (SSSR count). The van der Waals surface area contributed by atoms with Crippen LogP contribution in [0, 0.1) is 15.9 Å². The second-order valence-corrected chi connectivity index (χ2v) is 4.45. The minimum Gasteiger partial charge on any atom is -0.397 e. The van der Waals surface area contributed by atoms with Crippen molar-refractivity contribution >= 4 is 17.1 Å². The zero-order chi connectivity index (χ0) is 14.7. The van der Waals surface area contributed by atoms with E-state index < -0.39 is 4.92 Å². The van der Waals surface area contributed by atoms with Gasteiger partial charge < -0.3 is 10.6 Å². The van der Waals surface area contributed by atoms with Crippen molar-refractivity contribution in [3.63, 3.8) is 0 Å². The Morgan fingerprint density at radius 2 is 2.00 bits per heavy atom. The van der Waals surface area contributed by atoms with Crippen molar-refractivity contribution in [2.45, 2.75) is 6.54 Å². The zero-order valence-electron chi connectivity index (χ0n) is 10.9. The highest BCUT2D eigenvalue weighted by Gasteiger charge is 2.12. The van der Waals surface area contributed by atoms with Gasteiger partial charge in [0.05, 0.1) is 16.3 Å². The number of halogens is 1. The maximum Gasteiger partial charge on any atom is 0.271 e. The van der Waals surface area contributed by atoms with E-state index in [0.29, 0.717) is 17.8 Å². The fourth-order valence-electron chi connectivity index (χ4n) is 1.97. The molecule has 6 heteroatoms. The number of benzene rings is 2. The minimum atomic E-state index is -0.503. The van der Waals surface area contributed by atoms with Gasteiger partial charge in [-0.05, 0) is 12.1 Å². The molecule has 0 aliphatic carbocycles. The van der Waals surface area contributed by atoms with E-state index in [0.717, 1.165) is 0 Å². The summed E-state index contributed by atoms with van der Waals surface area (Å²) in [7, 11) is 1.75. The van der Waals surface area contributed by atoms with Crippen LogP contribution in [-0.4, -0.2) is 12.0 Å². The molecule has 0 fully saturated rings. The van der Waals surface area contributed by atoms with Gasteiger partial charge in [-0.2, -0.15) is 0 Å². The van der Waals surface area contributed by atoms with Crippen LogP contribution in [0.4, 0.5) is 21.5 Å². The third-order valence-electron chi connectivity index (χ3n) is 3.00. The zero-order valence-corrected chi connectivity index (χ0v) is 10.9. The summed E-state index contributed by atoms with van der Waals surface area (Å²) in [4.78, 5) is 11.9. The first-order valence-electron chi connectivity index (χ1n) is 5.97. The second kappa shape index (κ2) is 5.56. The van der Waals surface area contributed by atoms with Crippen molar-refractivity contribution in [2.24, 2.45) is 0 Å². The summed E-state index contributed by atoms with van der Waals surface area (Å²) in [5.74, 6) is -0.292. The van der Waals surface area contributed by atoms with Gasteiger partial charge in [-0.1, -0.05) is 18.2 Å². The van der Waals surface area contributed by atoms with Crippen LogP contribution in [0.1, 0.15) is 5.56 Å². The van der Waals surface area contributed by atoms with Gasteiger partial charge in [0.25, 0.3) is 5.69 Å². The number of nitro benzene ring substituents is 1. The van der Waals surface area contributed by atoms with Crippen molar-refractivity contribution in [2.75, 3.05) is 17.7 Å². The van der Waals surface area contributed by atoms with E-state index in [1.807, 2.05) is 0 Å². The molecule has 0 radical (unpaired) electrons. The van der Waals surface area contributed by atoms with Crippen LogP contribution in [0.25, 0.3) is 0 Å². The van der Waals surface area contributed by atoms with Gasteiger partial charge in [-0.3, -0.25) is 10.1 Å². The van der Waals surface area contributed by atoms with Gasteiger partial charge in [0.2, 0.25) is 0 Å². The summed E-state index contributed by atoms with van der Waals surface area (Å²) in [6, 6.07) is 10.7. The van der Waals surface area contributed by atoms with Crippen molar-refractivity contribution in [1.29, 1.82) is 0 Å². The molecule has 0 spiro atoms. The molecule has 0 aromatic heterocycles. The molecule has 20 heavy (non-hydrogen) atoms. The van der Waals surface area contributed by atoms with E-state index in [-0.39, 0.29) is 17.2 Å². The second-order valence-electron chi connectivity index (χ2n) is 4.45. The van der Waals surface area contributed by atoms with E-state index in [4.69, 9.17) is 5.73 Å². The molecule has 2 aromatic carbocycles. The monoisotopic (exact) mass is 275 g/mol. The molecular formula is C14H14FN3O2. The largest absolute Gasteiger partial charge is 0.397 e. The molecule has 0 amide bonds. The Hall–Kier alpha value is -2.63. The molecule has 0 saturated heterocycles. The van der Waals surface area contributed by atoms with E-state index in [9.17, 15) is 14.5 Å². The van der Waals surface area contributed by atoms with Crippen molar-refractivity contribution in [3.05, 3.63) is 64.0 Å². The quantitative estimate of drug-likeness (QED) is 0.529. The Kier molecular flexibility index (Phi) is 3.84. The average molecular weight is 275 g/mol. The first-order chi connectivity index (χ1) is 9.49. The Morgan fingerprint density at radius 1 is 1.30 bits per heavy atom. The van der Waals surface area contributed by atoms with Crippen LogP contribution >= 0.6 is 0 Å². The van der Waals surface area contributed by atoms with Gasteiger partial charge in [-0.15, -0.1) is 0 Å². The number of nitrogens with zero attached hydrogens (tertiary/aromatic N) is 2. The Bertz CT molecular complexity index is 646. The third kappa shape index (κ3) is 2.85. The first kappa shape index (κ1) is 13.8. The number of anilines is 2. The molecule has 2 N–H and O–H groups in total. The van der Waals surface area contributed by atoms with Crippen LogP contribution in [0.5, 0.6) is 0 Å². The molecule has 104 valence electrons. The summed E-state index contributed by atoms with van der Waals surface area (Å²) in [5, 5.41) is 10.7. The highest BCUT2D eigenvalue weighted by molar-refractivity contribution is 5.70. The van der Waals surface area contributed by atoms with Crippen LogP contribution in [-0.2, 0) is 6.54 Å². The third-order valence-corrected chi connectivity index (χ3v) is 3.00. The Balaban J connectivity index is 2.23. The Labute approximate surface area is 115 Å². The summed E-state index contributed by atoms with van der Waals surface area (Å²) in [5.41, 5.74) is 7.20. The van der Waals surface area contributed by atoms with Crippen molar-refractivity contribution in [1.82, 2.24) is 0 Å². The van der Waals surface area contributed by atoms with Gasteiger partial charge in [0.15, 0.2) is 0 Å². The van der Waals surface area contributed by atoms with Crippen LogP contribution in [0.2, 0.25) is 0 Å². The predicted octanol–water partition coefficient (Wildman–Crippen LogP) is 2.95. The van der Waals surface area contributed by atoms with Crippen LogP contribution < -0.4 is 10.6 Å². The number of nitro groups is 1. The molecule has 2 aromatic rings. The fraction of sp³-hybridized carbons (Fsp3) is 0.143. The standard InChI is InChI=1S/C14H14FN3O2/c1-17(9-10-4-2-3-5-12(10)15)14-7-6-11(18(19)20)8-13(14)16/h2-8H,9,16H2,1H3. The molecule has 0 atom stereocenters. The highest BCUT2D eigenvalue weighted by Crippen LogP contribution is 2.28. The minimum absolute atomic E-state index is 0.0643. The SMILES string of the molecule is CN(Cc1ccccc1F)c1ccc([N+](=O)[O-])cc1N. The van der Waals surface area contributed by atoms with Crippen molar-refractivity contribution < 1.29 is 9.31 Å². The van der Waals surface area contributed by atoms with E-state index >= 15 is 0 Å². The molecule has 0 bridgehead atoms. The summed E-state index contributed by atoms with van der Waals surface area (Å²) >= 11 is 0. The van der Waals surface area contributed by atoms with Crippen LogP contribution in [0.15, 0.2) is 42.5 Å². The molecule has 0 aliphatic rings. The number of non-ortho nitro benzene ring substituents is 1. The van der Waals surface area contributed by atoms with E-state index in [2.05, 4.69) is 0 Å². The lowest BCUT2D eigenvalue weighted by Gasteiger charge is -2.21. The molecular weight excluding hydrogens is 261 g/mol. The first-order valence-corrected chi connectivity index (χ1v) is 5.97. The van der Waals surface area contributed by atoms with Gasteiger partial charge >= 0.3 is 0 Å². The van der Waals surface area contributed by atoms with E-state index in [1.165, 1.54) is 18.2 Å². The lowest BCUT2D eigenvalue weighted by atomic mass is 10.1. The lowest BCUT2D eigenvalue weighted by Crippen LogP contribution is -2.18. The normalized spacial score (nSPS) is 10.3. The van der Waals surface area contributed by atoms with Crippen LogP contribution in [0.3, 0.4) is 0 Å². The lowest BCUT2D eigenvalue weighted by molar-refractivity contribution is -0.384. The number of nitrogen functional groups attached to an aromatic ring is 1. The predicted molar refractivity (Wildman–Crippen MR) is 76.0 cm³/mol. The molecule has 5 nitrogen and oxygen atoms in total. The van der Waals surface area contributed by atoms with E-state index in [1.54, 1.807) is 36.2 Å². The number of hydrogen-bond donors (Lipinski definition) is 1. The average Bonchev–Trinajstić information content (AvgIpc) is 2.41. The summed E-state index contributed by atoms with van der Waals surface area (Å²) in [6.07, 6.45) is 0. The smallest absolute Gasteiger partial charge is 0.271 e.